The molecule has 3 heterocycles. The van der Waals surface area contributed by atoms with Crippen LogP contribution in [0.15, 0.2) is 35.1 Å². The molecule has 1 amide bonds. The summed E-state index contributed by atoms with van der Waals surface area (Å²) in [6, 6.07) is 9.49. The number of fused-ring (bicyclic) bond motifs is 2. The molecule has 0 saturated carbocycles. The van der Waals surface area contributed by atoms with Gasteiger partial charge in [-0.05, 0) is 30.5 Å². The van der Waals surface area contributed by atoms with E-state index in [2.05, 4.69) is 18.8 Å². The standard InChI is InChI=1S/C20H21N3O2S/c1-4-12(2)10-22-13(3)18-14(9-17(22)24)11-23(19(18)25)20-21-15-7-5-6-8-16(15)26-20/h5-9,12H,4,10-11H2,1-3H3. The van der Waals surface area contributed by atoms with Crippen LogP contribution in [0, 0.1) is 12.8 Å². The lowest BCUT2D eigenvalue weighted by molar-refractivity contribution is 0.0995. The predicted octanol–water partition coefficient (Wildman–Crippen LogP) is 3.97. The molecule has 26 heavy (non-hydrogen) atoms. The largest absolute Gasteiger partial charge is 0.312 e. The Morgan fingerprint density at radius 3 is 2.77 bits per heavy atom. The van der Waals surface area contributed by atoms with Gasteiger partial charge in [-0.15, -0.1) is 0 Å². The topological polar surface area (TPSA) is 55.2 Å². The molecule has 0 fully saturated rings. The number of anilines is 1. The fraction of sp³-hybridized carbons (Fsp3) is 0.350. The number of pyridine rings is 1. The molecule has 3 aromatic rings. The lowest BCUT2D eigenvalue weighted by Crippen LogP contribution is -2.27. The van der Waals surface area contributed by atoms with Gasteiger partial charge < -0.3 is 4.57 Å². The molecule has 0 spiro atoms. The monoisotopic (exact) mass is 367 g/mol. The molecule has 5 nitrogen and oxygen atoms in total. The van der Waals surface area contributed by atoms with Crippen LogP contribution in [0.5, 0.6) is 0 Å². The molecule has 0 saturated heterocycles. The number of nitrogens with zero attached hydrogens (tertiary/aromatic N) is 3. The third kappa shape index (κ3) is 2.65. The van der Waals surface area contributed by atoms with Crippen LogP contribution in [0.3, 0.4) is 0 Å². The first-order valence-electron chi connectivity index (χ1n) is 8.90. The molecular weight excluding hydrogens is 346 g/mol. The van der Waals surface area contributed by atoms with Crippen LogP contribution in [0.2, 0.25) is 0 Å². The third-order valence-electron chi connectivity index (χ3n) is 5.14. The van der Waals surface area contributed by atoms with Gasteiger partial charge in [0.05, 0.1) is 22.3 Å². The second kappa shape index (κ2) is 6.36. The van der Waals surface area contributed by atoms with Gasteiger partial charge in [0.1, 0.15) is 0 Å². The highest BCUT2D eigenvalue weighted by Crippen LogP contribution is 2.34. The maximum Gasteiger partial charge on any atom is 0.262 e. The zero-order valence-corrected chi connectivity index (χ0v) is 16.0. The summed E-state index contributed by atoms with van der Waals surface area (Å²) >= 11 is 1.51. The zero-order valence-electron chi connectivity index (χ0n) is 15.2. The lowest BCUT2D eigenvalue weighted by atomic mass is 10.1. The van der Waals surface area contributed by atoms with Gasteiger partial charge in [-0.3, -0.25) is 14.5 Å². The van der Waals surface area contributed by atoms with E-state index in [1.807, 2.05) is 31.2 Å². The van der Waals surface area contributed by atoms with Crippen molar-refractivity contribution in [2.45, 2.75) is 40.3 Å². The molecule has 1 aromatic carbocycles. The van der Waals surface area contributed by atoms with Crippen molar-refractivity contribution in [1.82, 2.24) is 9.55 Å². The van der Waals surface area contributed by atoms with Crippen LogP contribution < -0.4 is 10.5 Å². The molecule has 4 rings (SSSR count). The molecule has 1 aliphatic rings. The average molecular weight is 367 g/mol. The Balaban J connectivity index is 1.75. The molecule has 6 heteroatoms. The second-order valence-corrected chi connectivity index (χ2v) is 7.96. The minimum absolute atomic E-state index is 0.0273. The van der Waals surface area contributed by atoms with Crippen LogP contribution in [0.4, 0.5) is 5.13 Å². The lowest BCUT2D eigenvalue weighted by Gasteiger charge is -2.16. The van der Waals surface area contributed by atoms with Crippen molar-refractivity contribution in [2.24, 2.45) is 5.92 Å². The summed E-state index contributed by atoms with van der Waals surface area (Å²) in [7, 11) is 0. The van der Waals surface area contributed by atoms with Gasteiger partial charge in [-0.2, -0.15) is 0 Å². The smallest absolute Gasteiger partial charge is 0.262 e. The fourth-order valence-corrected chi connectivity index (χ4v) is 4.39. The Hall–Kier alpha value is -2.47. The minimum Gasteiger partial charge on any atom is -0.312 e. The summed E-state index contributed by atoms with van der Waals surface area (Å²) in [6.07, 6.45) is 0.995. The van der Waals surface area contributed by atoms with Crippen molar-refractivity contribution in [1.29, 1.82) is 0 Å². The van der Waals surface area contributed by atoms with E-state index in [1.54, 1.807) is 15.5 Å². The highest BCUT2D eigenvalue weighted by atomic mass is 32.1. The number of para-hydroxylation sites is 1. The van der Waals surface area contributed by atoms with E-state index in [-0.39, 0.29) is 11.5 Å². The van der Waals surface area contributed by atoms with E-state index >= 15 is 0 Å². The Morgan fingerprint density at radius 2 is 2.04 bits per heavy atom. The molecule has 1 aliphatic heterocycles. The van der Waals surface area contributed by atoms with Crippen LogP contribution in [-0.2, 0) is 13.1 Å². The Morgan fingerprint density at radius 1 is 1.27 bits per heavy atom. The van der Waals surface area contributed by atoms with Crippen molar-refractivity contribution in [2.75, 3.05) is 4.90 Å². The molecule has 0 aliphatic carbocycles. The van der Waals surface area contributed by atoms with E-state index < -0.39 is 0 Å². The van der Waals surface area contributed by atoms with Gasteiger partial charge in [-0.25, -0.2) is 4.98 Å². The Kier molecular flexibility index (Phi) is 4.15. The molecule has 2 aromatic heterocycles. The minimum atomic E-state index is -0.0607. The van der Waals surface area contributed by atoms with Crippen molar-refractivity contribution < 1.29 is 4.79 Å². The SMILES string of the molecule is CCC(C)Cn1c(C)c2c(cc1=O)CN(c1nc3ccccc3s1)C2=O. The van der Waals surface area contributed by atoms with E-state index in [0.717, 1.165) is 27.9 Å². The van der Waals surface area contributed by atoms with Gasteiger partial charge >= 0.3 is 0 Å². The van der Waals surface area contributed by atoms with E-state index in [1.165, 1.54) is 11.3 Å². The first-order valence-corrected chi connectivity index (χ1v) is 9.72. The van der Waals surface area contributed by atoms with E-state index in [9.17, 15) is 9.59 Å². The first-order chi connectivity index (χ1) is 12.5. The number of hydrogen-bond donors (Lipinski definition) is 0. The highest BCUT2D eigenvalue weighted by Gasteiger charge is 2.33. The summed E-state index contributed by atoms with van der Waals surface area (Å²) < 4.78 is 2.80. The van der Waals surface area contributed by atoms with Crippen molar-refractivity contribution >= 4 is 32.6 Å². The number of rotatable bonds is 4. The summed E-state index contributed by atoms with van der Waals surface area (Å²) in [5.74, 6) is 0.329. The second-order valence-electron chi connectivity index (χ2n) is 6.95. The van der Waals surface area contributed by atoms with Gasteiger partial charge in [0.25, 0.3) is 11.5 Å². The summed E-state index contributed by atoms with van der Waals surface area (Å²) in [6.45, 7) is 7.16. The Bertz CT molecular complexity index is 1030. The maximum absolute atomic E-state index is 13.1. The van der Waals surface area contributed by atoms with Crippen LogP contribution in [-0.4, -0.2) is 15.5 Å². The quantitative estimate of drug-likeness (QED) is 0.701. The van der Waals surface area contributed by atoms with Gasteiger partial charge in [0.2, 0.25) is 0 Å². The Labute approximate surface area is 155 Å². The molecule has 134 valence electrons. The van der Waals surface area contributed by atoms with E-state index in [0.29, 0.717) is 29.7 Å². The molecule has 1 atom stereocenters. The fourth-order valence-electron chi connectivity index (χ4n) is 3.42. The van der Waals surface area contributed by atoms with Crippen molar-refractivity contribution in [3.63, 3.8) is 0 Å². The summed E-state index contributed by atoms with van der Waals surface area (Å²) in [4.78, 5) is 31.9. The molecule has 0 bridgehead atoms. The first kappa shape index (κ1) is 17.0. The highest BCUT2D eigenvalue weighted by molar-refractivity contribution is 7.22. The van der Waals surface area contributed by atoms with Crippen LogP contribution in [0.1, 0.15) is 41.9 Å². The summed E-state index contributed by atoms with van der Waals surface area (Å²) in [5, 5.41) is 0.688. The van der Waals surface area contributed by atoms with Gasteiger partial charge in [-0.1, -0.05) is 43.7 Å². The number of amides is 1. The molecule has 0 radical (unpaired) electrons. The molecule has 0 N–H and O–H groups in total. The zero-order chi connectivity index (χ0) is 18.4. The maximum atomic E-state index is 13.1. The molecular formula is C20H21N3O2S. The van der Waals surface area contributed by atoms with Crippen LogP contribution in [0.25, 0.3) is 10.2 Å². The van der Waals surface area contributed by atoms with Crippen molar-refractivity contribution in [3.8, 4) is 0 Å². The normalized spacial score (nSPS) is 14.9. The summed E-state index contributed by atoms with van der Waals surface area (Å²) in [5.41, 5.74) is 3.09. The number of hydrogen-bond acceptors (Lipinski definition) is 4. The number of thiazole rings is 1. The number of aromatic nitrogens is 2. The number of carbonyl (C=O) groups is 1. The number of benzene rings is 1. The average Bonchev–Trinajstić information content (AvgIpc) is 3.19. The van der Waals surface area contributed by atoms with E-state index in [4.69, 9.17) is 0 Å². The molecule has 1 unspecified atom stereocenters. The van der Waals surface area contributed by atoms with Crippen LogP contribution >= 0.6 is 11.3 Å². The van der Waals surface area contributed by atoms with Gasteiger partial charge in [0.15, 0.2) is 5.13 Å². The van der Waals surface area contributed by atoms with Gasteiger partial charge in [0, 0.05) is 18.3 Å². The van der Waals surface area contributed by atoms with Crippen molar-refractivity contribution in [3.05, 3.63) is 57.5 Å². The number of carbonyl (C=O) groups excluding carboxylic acids is 1. The third-order valence-corrected chi connectivity index (χ3v) is 6.20. The predicted molar refractivity (Wildman–Crippen MR) is 105 cm³/mol.